The first-order valence-corrected chi connectivity index (χ1v) is 5.62. The molecule has 4 N–H and O–H groups in total. The molecule has 1 aliphatic rings. The number of nitrogens with one attached hydrogen (secondary N) is 2. The van der Waals surface area contributed by atoms with E-state index in [2.05, 4.69) is 20.5 Å². The molecule has 0 atom stereocenters. The third-order valence-electron chi connectivity index (χ3n) is 3.04. The number of aromatic amines is 1. The predicted octanol–water partition coefficient (Wildman–Crippen LogP) is -0.265. The zero-order valence-electron chi connectivity index (χ0n) is 9.20. The van der Waals surface area contributed by atoms with Crippen molar-refractivity contribution in [1.29, 1.82) is 0 Å². The number of carbonyl (C=O) groups excluding carboxylic acids is 1. The molecule has 0 unspecified atom stereocenters. The van der Waals surface area contributed by atoms with Gasteiger partial charge >= 0.3 is 0 Å². The zero-order chi connectivity index (χ0) is 11.4. The van der Waals surface area contributed by atoms with Crippen molar-refractivity contribution >= 4 is 5.91 Å². The van der Waals surface area contributed by atoms with Gasteiger partial charge in [0.2, 0.25) is 5.91 Å². The van der Waals surface area contributed by atoms with Gasteiger partial charge in [-0.05, 0) is 25.7 Å². The fourth-order valence-corrected chi connectivity index (χ4v) is 1.77. The lowest BCUT2D eigenvalue weighted by atomic mass is 9.77. The molecule has 1 amide bonds. The van der Waals surface area contributed by atoms with Gasteiger partial charge in [-0.1, -0.05) is 0 Å². The van der Waals surface area contributed by atoms with Gasteiger partial charge in [-0.3, -0.25) is 9.89 Å². The average molecular weight is 223 g/mol. The summed E-state index contributed by atoms with van der Waals surface area (Å²) >= 11 is 0. The minimum absolute atomic E-state index is 0.0173. The summed E-state index contributed by atoms with van der Waals surface area (Å²) in [4.78, 5) is 15.6. The minimum Gasteiger partial charge on any atom is -0.354 e. The van der Waals surface area contributed by atoms with Crippen molar-refractivity contribution in [3.8, 4) is 0 Å². The molecule has 16 heavy (non-hydrogen) atoms. The highest BCUT2D eigenvalue weighted by Crippen LogP contribution is 2.28. The molecule has 6 nitrogen and oxygen atoms in total. The standard InChI is InChI=1S/C10H17N5O/c11-10(4-2-5-10)9(16)12-6-1-3-8-13-7-14-15-8/h7H,1-6,11H2,(H,12,16)(H,13,14,15). The lowest BCUT2D eigenvalue weighted by molar-refractivity contribution is -0.129. The van der Waals surface area contributed by atoms with E-state index in [4.69, 9.17) is 5.73 Å². The Morgan fingerprint density at radius 1 is 1.62 bits per heavy atom. The summed E-state index contributed by atoms with van der Waals surface area (Å²) in [7, 11) is 0. The number of amides is 1. The number of H-pyrrole nitrogens is 1. The number of hydrogen-bond donors (Lipinski definition) is 3. The van der Waals surface area contributed by atoms with E-state index < -0.39 is 5.54 Å². The summed E-state index contributed by atoms with van der Waals surface area (Å²) < 4.78 is 0. The smallest absolute Gasteiger partial charge is 0.240 e. The van der Waals surface area contributed by atoms with Crippen LogP contribution in [0.2, 0.25) is 0 Å². The van der Waals surface area contributed by atoms with Gasteiger partial charge in [0.15, 0.2) is 0 Å². The van der Waals surface area contributed by atoms with Crippen molar-refractivity contribution in [2.75, 3.05) is 6.54 Å². The number of nitrogens with zero attached hydrogens (tertiary/aromatic N) is 2. The van der Waals surface area contributed by atoms with Gasteiger partial charge in [0.1, 0.15) is 12.2 Å². The highest BCUT2D eigenvalue weighted by Gasteiger charge is 2.39. The molecule has 0 saturated heterocycles. The molecule has 1 aromatic rings. The van der Waals surface area contributed by atoms with E-state index in [0.717, 1.165) is 37.9 Å². The molecule has 0 aliphatic heterocycles. The highest BCUT2D eigenvalue weighted by atomic mass is 16.2. The van der Waals surface area contributed by atoms with Gasteiger partial charge < -0.3 is 11.1 Å². The molecule has 6 heteroatoms. The molecule has 1 fully saturated rings. The Morgan fingerprint density at radius 2 is 2.44 bits per heavy atom. The van der Waals surface area contributed by atoms with E-state index in [1.165, 1.54) is 6.33 Å². The lowest BCUT2D eigenvalue weighted by Gasteiger charge is -2.36. The van der Waals surface area contributed by atoms with Gasteiger partial charge in [0.05, 0.1) is 5.54 Å². The van der Waals surface area contributed by atoms with Crippen molar-refractivity contribution in [3.05, 3.63) is 12.2 Å². The van der Waals surface area contributed by atoms with Crippen LogP contribution in [0.1, 0.15) is 31.5 Å². The summed E-state index contributed by atoms with van der Waals surface area (Å²) in [6, 6.07) is 0. The third-order valence-corrected chi connectivity index (χ3v) is 3.04. The van der Waals surface area contributed by atoms with E-state index in [1.54, 1.807) is 0 Å². The molecule has 0 spiro atoms. The first-order chi connectivity index (χ1) is 7.71. The molecular formula is C10H17N5O. The second kappa shape index (κ2) is 4.61. The lowest BCUT2D eigenvalue weighted by Crippen LogP contribution is -2.58. The van der Waals surface area contributed by atoms with Crippen LogP contribution in [0, 0.1) is 0 Å². The summed E-state index contributed by atoms with van der Waals surface area (Å²) in [6.07, 6.45) is 5.79. The largest absolute Gasteiger partial charge is 0.354 e. The normalized spacial score (nSPS) is 17.8. The molecule has 0 aromatic carbocycles. The van der Waals surface area contributed by atoms with Crippen LogP contribution in [0.15, 0.2) is 6.33 Å². The van der Waals surface area contributed by atoms with E-state index in [9.17, 15) is 4.79 Å². The maximum atomic E-state index is 11.6. The molecule has 88 valence electrons. The van der Waals surface area contributed by atoms with Gasteiger partial charge in [-0.15, -0.1) is 0 Å². The quantitative estimate of drug-likeness (QED) is 0.599. The maximum Gasteiger partial charge on any atom is 0.240 e. The maximum absolute atomic E-state index is 11.6. The highest BCUT2D eigenvalue weighted by molar-refractivity contribution is 5.86. The monoisotopic (exact) mass is 223 g/mol. The summed E-state index contributed by atoms with van der Waals surface area (Å²) in [5.41, 5.74) is 5.29. The minimum atomic E-state index is -0.591. The van der Waals surface area contributed by atoms with Crippen LogP contribution < -0.4 is 11.1 Å². The van der Waals surface area contributed by atoms with Crippen molar-refractivity contribution in [2.45, 2.75) is 37.6 Å². The SMILES string of the molecule is NC1(C(=O)NCCCc2ncn[nH]2)CCC1. The van der Waals surface area contributed by atoms with E-state index in [1.807, 2.05) is 0 Å². The number of aryl methyl sites for hydroxylation is 1. The fraction of sp³-hybridized carbons (Fsp3) is 0.700. The van der Waals surface area contributed by atoms with Crippen LogP contribution in [0.25, 0.3) is 0 Å². The summed E-state index contributed by atoms with van der Waals surface area (Å²) in [6.45, 7) is 0.637. The first kappa shape index (κ1) is 11.1. The van der Waals surface area contributed by atoms with Gasteiger partial charge in [0.25, 0.3) is 0 Å². The van der Waals surface area contributed by atoms with Gasteiger partial charge in [0, 0.05) is 13.0 Å². The van der Waals surface area contributed by atoms with E-state index in [-0.39, 0.29) is 5.91 Å². The summed E-state index contributed by atoms with van der Waals surface area (Å²) in [5, 5.41) is 9.40. The summed E-state index contributed by atoms with van der Waals surface area (Å²) in [5.74, 6) is 0.830. The molecular weight excluding hydrogens is 206 g/mol. The predicted molar refractivity (Wildman–Crippen MR) is 58.5 cm³/mol. The molecule has 0 bridgehead atoms. The first-order valence-electron chi connectivity index (χ1n) is 5.62. The Morgan fingerprint density at radius 3 is 3.00 bits per heavy atom. The molecule has 1 aliphatic carbocycles. The number of rotatable bonds is 5. The number of nitrogens with two attached hydrogens (primary N) is 1. The molecule has 1 aromatic heterocycles. The topological polar surface area (TPSA) is 96.7 Å². The molecule has 1 heterocycles. The van der Waals surface area contributed by atoms with Gasteiger partial charge in [-0.2, -0.15) is 5.10 Å². The van der Waals surface area contributed by atoms with E-state index in [0.29, 0.717) is 6.54 Å². The second-order valence-electron chi connectivity index (χ2n) is 4.30. The van der Waals surface area contributed by atoms with Crippen LogP contribution in [0.3, 0.4) is 0 Å². The zero-order valence-corrected chi connectivity index (χ0v) is 9.20. The number of aromatic nitrogens is 3. The van der Waals surface area contributed by atoms with Gasteiger partial charge in [-0.25, -0.2) is 4.98 Å². The fourth-order valence-electron chi connectivity index (χ4n) is 1.77. The third kappa shape index (κ3) is 2.38. The number of hydrogen-bond acceptors (Lipinski definition) is 4. The van der Waals surface area contributed by atoms with Crippen molar-refractivity contribution in [3.63, 3.8) is 0 Å². The Bertz CT molecular complexity index is 344. The second-order valence-corrected chi connectivity index (χ2v) is 4.30. The van der Waals surface area contributed by atoms with Crippen LogP contribution in [0.4, 0.5) is 0 Å². The van der Waals surface area contributed by atoms with Crippen LogP contribution in [-0.4, -0.2) is 33.2 Å². The Hall–Kier alpha value is -1.43. The van der Waals surface area contributed by atoms with Crippen molar-refractivity contribution < 1.29 is 4.79 Å². The van der Waals surface area contributed by atoms with Crippen molar-refractivity contribution in [1.82, 2.24) is 20.5 Å². The Labute approximate surface area is 94.0 Å². The van der Waals surface area contributed by atoms with Crippen molar-refractivity contribution in [2.24, 2.45) is 5.73 Å². The molecule has 1 saturated carbocycles. The van der Waals surface area contributed by atoms with Crippen LogP contribution in [0.5, 0.6) is 0 Å². The van der Waals surface area contributed by atoms with E-state index >= 15 is 0 Å². The average Bonchev–Trinajstić information content (AvgIpc) is 2.73. The number of carbonyl (C=O) groups is 1. The van der Waals surface area contributed by atoms with Crippen LogP contribution in [-0.2, 0) is 11.2 Å². The Kier molecular flexibility index (Phi) is 3.19. The Balaban J connectivity index is 1.63. The van der Waals surface area contributed by atoms with Crippen LogP contribution >= 0.6 is 0 Å². The molecule has 2 rings (SSSR count). The molecule has 0 radical (unpaired) electrons.